The highest BCUT2D eigenvalue weighted by Gasteiger charge is 2.22. The monoisotopic (exact) mass is 259 g/mol. The zero-order valence-corrected chi connectivity index (χ0v) is 10.9. The Morgan fingerprint density at radius 3 is 2.58 bits per heavy atom. The van der Waals surface area contributed by atoms with E-state index in [-0.39, 0.29) is 24.5 Å². The molecule has 0 aliphatic carbocycles. The second kappa shape index (κ2) is 5.51. The number of Topliss-reactive ketones (excluding diaryl/α,β-unsaturated/α-hetero) is 2. The predicted molar refractivity (Wildman–Crippen MR) is 66.4 cm³/mol. The Labute approximate surface area is 110 Å². The van der Waals surface area contributed by atoms with Crippen molar-refractivity contribution in [2.75, 3.05) is 0 Å². The van der Waals surface area contributed by atoms with E-state index >= 15 is 0 Å². The first kappa shape index (κ1) is 13.1. The number of ketones is 2. The molecule has 2 rings (SSSR count). The van der Waals surface area contributed by atoms with E-state index < -0.39 is 0 Å². The molecule has 0 aliphatic heterocycles. The number of carbonyl (C=O) groups is 2. The van der Waals surface area contributed by atoms with E-state index in [1.165, 1.54) is 16.3 Å². The summed E-state index contributed by atoms with van der Waals surface area (Å²) < 4.78 is 2.98. The van der Waals surface area contributed by atoms with Crippen molar-refractivity contribution in [1.29, 1.82) is 0 Å². The molecule has 0 unspecified atom stereocenters. The lowest BCUT2D eigenvalue weighted by molar-refractivity contribution is -0.738. The number of hydrogen-bond acceptors (Lipinski definition) is 4. The van der Waals surface area contributed by atoms with Gasteiger partial charge in [-0.05, 0) is 6.92 Å². The fourth-order valence-electron chi connectivity index (χ4n) is 1.78. The zero-order valence-electron chi connectivity index (χ0n) is 10.9. The molecule has 2 aromatic rings. The van der Waals surface area contributed by atoms with Crippen LogP contribution in [0.25, 0.3) is 0 Å². The third kappa shape index (κ3) is 3.09. The minimum atomic E-state index is -0.0593. The molecule has 0 saturated heterocycles. The summed E-state index contributed by atoms with van der Waals surface area (Å²) in [6.07, 6.45) is 0.214. The maximum atomic E-state index is 12.1. The van der Waals surface area contributed by atoms with Crippen molar-refractivity contribution >= 4 is 11.6 Å². The minimum absolute atomic E-state index is 0.00584. The normalized spacial score (nSPS) is 10.4. The van der Waals surface area contributed by atoms with Gasteiger partial charge in [-0.2, -0.15) is 0 Å². The van der Waals surface area contributed by atoms with Gasteiger partial charge in [-0.3, -0.25) is 9.59 Å². The van der Waals surface area contributed by atoms with E-state index in [0.717, 1.165) is 0 Å². The Morgan fingerprint density at radius 2 is 1.95 bits per heavy atom. The number of hydrogen-bond donors (Lipinski definition) is 0. The van der Waals surface area contributed by atoms with Gasteiger partial charge in [-0.15, -0.1) is 4.68 Å². The van der Waals surface area contributed by atoms with Gasteiger partial charge in [0.1, 0.15) is 11.0 Å². The van der Waals surface area contributed by atoms with Crippen molar-refractivity contribution in [3.8, 4) is 0 Å². The molecule has 6 nitrogen and oxygen atoms in total. The van der Waals surface area contributed by atoms with Crippen molar-refractivity contribution in [3.63, 3.8) is 0 Å². The van der Waals surface area contributed by atoms with Gasteiger partial charge in [0.2, 0.25) is 5.78 Å². The molecule has 0 fully saturated rings. The molecule has 19 heavy (non-hydrogen) atoms. The van der Waals surface area contributed by atoms with E-state index in [1.54, 1.807) is 19.2 Å². The number of carbonyl (C=O) groups excluding carboxylic acids is 2. The molecule has 0 saturated carbocycles. The number of nitrogens with zero attached hydrogens (tertiary/aromatic N) is 4. The SMILES string of the molecule is CC(=O)Cc1n(CC(=O)c2ccccc2)nn[n+]1C. The molecule has 0 spiro atoms. The highest BCUT2D eigenvalue weighted by molar-refractivity contribution is 5.95. The highest BCUT2D eigenvalue weighted by atomic mass is 16.1. The van der Waals surface area contributed by atoms with Crippen LogP contribution < -0.4 is 4.68 Å². The van der Waals surface area contributed by atoms with Gasteiger partial charge in [0, 0.05) is 5.56 Å². The van der Waals surface area contributed by atoms with E-state index in [0.29, 0.717) is 11.4 Å². The van der Waals surface area contributed by atoms with Crippen molar-refractivity contribution in [3.05, 3.63) is 41.7 Å². The van der Waals surface area contributed by atoms with Crippen LogP contribution >= 0.6 is 0 Å². The molecule has 1 aromatic carbocycles. The average Bonchev–Trinajstić information content (AvgIpc) is 2.72. The first-order valence-corrected chi connectivity index (χ1v) is 5.94. The van der Waals surface area contributed by atoms with E-state index in [1.807, 2.05) is 18.2 Å². The lowest BCUT2D eigenvalue weighted by Crippen LogP contribution is -2.37. The smallest absolute Gasteiger partial charge is 0.264 e. The first-order valence-electron chi connectivity index (χ1n) is 5.94. The van der Waals surface area contributed by atoms with Gasteiger partial charge in [0.25, 0.3) is 5.82 Å². The number of tetrazole rings is 1. The summed E-state index contributed by atoms with van der Waals surface area (Å²) in [4.78, 5) is 23.3. The third-order valence-corrected chi connectivity index (χ3v) is 2.75. The lowest BCUT2D eigenvalue weighted by atomic mass is 10.1. The van der Waals surface area contributed by atoms with Crippen LogP contribution in [0.5, 0.6) is 0 Å². The summed E-state index contributed by atoms with van der Waals surface area (Å²) in [5.74, 6) is 0.569. The van der Waals surface area contributed by atoms with Crippen molar-refractivity contribution in [2.24, 2.45) is 7.05 Å². The molecular formula is C13H15N4O2+. The van der Waals surface area contributed by atoms with E-state index in [4.69, 9.17) is 0 Å². The lowest BCUT2D eigenvalue weighted by Gasteiger charge is -1.98. The number of benzene rings is 1. The summed E-state index contributed by atoms with van der Waals surface area (Å²) in [5, 5.41) is 7.73. The van der Waals surface area contributed by atoms with E-state index in [9.17, 15) is 9.59 Å². The van der Waals surface area contributed by atoms with Crippen LogP contribution in [0.15, 0.2) is 30.3 Å². The molecule has 0 amide bonds. The van der Waals surface area contributed by atoms with Gasteiger partial charge in [-0.25, -0.2) is 0 Å². The van der Waals surface area contributed by atoms with Crippen LogP contribution in [0.1, 0.15) is 23.1 Å². The molecule has 1 heterocycles. The Hall–Kier alpha value is -2.37. The first-order chi connectivity index (χ1) is 9.08. The minimum Gasteiger partial charge on any atom is -0.299 e. The summed E-state index contributed by atoms with van der Waals surface area (Å²) in [5.41, 5.74) is 0.620. The predicted octanol–water partition coefficient (Wildman–Crippen LogP) is 0.117. The Balaban J connectivity index is 2.20. The van der Waals surface area contributed by atoms with Gasteiger partial charge in [0.15, 0.2) is 11.8 Å². The summed E-state index contributed by atoms with van der Waals surface area (Å²) in [7, 11) is 1.70. The molecule has 0 aliphatic rings. The molecule has 0 radical (unpaired) electrons. The largest absolute Gasteiger partial charge is 0.299 e. The molecule has 1 aromatic heterocycles. The maximum absolute atomic E-state index is 12.1. The molecular weight excluding hydrogens is 244 g/mol. The second-order valence-electron chi connectivity index (χ2n) is 4.34. The number of rotatable bonds is 5. The highest BCUT2D eigenvalue weighted by Crippen LogP contribution is 2.03. The molecule has 0 atom stereocenters. The zero-order chi connectivity index (χ0) is 13.8. The van der Waals surface area contributed by atoms with Gasteiger partial charge in [0.05, 0.1) is 13.5 Å². The number of aromatic nitrogens is 4. The maximum Gasteiger partial charge on any atom is 0.264 e. The fourth-order valence-corrected chi connectivity index (χ4v) is 1.78. The third-order valence-electron chi connectivity index (χ3n) is 2.75. The molecule has 0 bridgehead atoms. The topological polar surface area (TPSA) is 68.7 Å². The fraction of sp³-hybridized carbons (Fsp3) is 0.308. The Morgan fingerprint density at radius 1 is 1.26 bits per heavy atom. The van der Waals surface area contributed by atoms with Crippen LogP contribution in [0.3, 0.4) is 0 Å². The molecule has 0 N–H and O–H groups in total. The Bertz CT molecular complexity index is 604. The second-order valence-corrected chi connectivity index (χ2v) is 4.34. The van der Waals surface area contributed by atoms with Crippen LogP contribution in [0, 0.1) is 0 Å². The van der Waals surface area contributed by atoms with Crippen LogP contribution in [0.2, 0.25) is 0 Å². The molecule has 6 heteroatoms. The quantitative estimate of drug-likeness (QED) is 0.565. The van der Waals surface area contributed by atoms with Crippen LogP contribution in [-0.4, -0.2) is 26.7 Å². The van der Waals surface area contributed by atoms with Crippen molar-refractivity contribution in [2.45, 2.75) is 19.9 Å². The van der Waals surface area contributed by atoms with Gasteiger partial charge < -0.3 is 0 Å². The van der Waals surface area contributed by atoms with Gasteiger partial charge >= 0.3 is 0 Å². The molecule has 98 valence electrons. The number of aryl methyl sites for hydroxylation is 1. The van der Waals surface area contributed by atoms with E-state index in [2.05, 4.69) is 10.4 Å². The van der Waals surface area contributed by atoms with Crippen molar-refractivity contribution in [1.82, 2.24) is 15.1 Å². The Kier molecular flexibility index (Phi) is 3.79. The van der Waals surface area contributed by atoms with Gasteiger partial charge in [-0.1, -0.05) is 35.0 Å². The standard InChI is InChI=1S/C13H15N4O2/c1-10(18)8-13-16(2)14-15-17(13)9-12(19)11-6-4-3-5-7-11/h3-7H,8-9H2,1-2H3/q+1. The summed E-state index contributed by atoms with van der Waals surface area (Å²) in [6.45, 7) is 1.58. The van der Waals surface area contributed by atoms with Crippen molar-refractivity contribution < 1.29 is 14.3 Å². The average molecular weight is 259 g/mol. The summed E-state index contributed by atoms with van der Waals surface area (Å²) >= 11 is 0. The van der Waals surface area contributed by atoms with Crippen LogP contribution in [0.4, 0.5) is 0 Å². The summed E-state index contributed by atoms with van der Waals surface area (Å²) in [6, 6.07) is 8.98. The van der Waals surface area contributed by atoms with Crippen LogP contribution in [-0.2, 0) is 24.8 Å².